The third-order valence-electron chi connectivity index (χ3n) is 6.11. The number of nitrogens with one attached hydrogen (secondary N) is 1. The third kappa shape index (κ3) is 6.01. The van der Waals surface area contributed by atoms with Gasteiger partial charge in [0.05, 0.1) is 0 Å². The van der Waals surface area contributed by atoms with E-state index in [4.69, 9.17) is 20.6 Å². The second-order valence-electron chi connectivity index (χ2n) is 9.04. The molecule has 5 nitrogen and oxygen atoms in total. The first-order valence-electron chi connectivity index (χ1n) is 11.5. The Morgan fingerprint density at radius 3 is 1.83 bits per heavy atom. The number of phenols is 1. The van der Waals surface area contributed by atoms with Crippen molar-refractivity contribution in [1.29, 1.82) is 5.41 Å². The molecule has 178 valence electrons. The first-order chi connectivity index (χ1) is 16.8. The zero-order chi connectivity index (χ0) is 24.8. The normalized spacial score (nSPS) is 11.1. The highest BCUT2D eigenvalue weighted by molar-refractivity contribution is 5.94. The van der Waals surface area contributed by atoms with Crippen molar-refractivity contribution in [3.63, 3.8) is 0 Å². The van der Waals surface area contributed by atoms with Crippen molar-refractivity contribution >= 4 is 5.84 Å². The monoisotopic (exact) mass is 466 g/mol. The molecule has 0 bridgehead atoms. The molecule has 0 aliphatic rings. The maximum absolute atomic E-state index is 9.85. The number of aromatic hydroxyl groups is 1. The lowest BCUT2D eigenvalue weighted by atomic mass is 9.78. The van der Waals surface area contributed by atoms with E-state index in [0.717, 1.165) is 33.8 Å². The van der Waals surface area contributed by atoms with Crippen LogP contribution in [0.5, 0.6) is 17.2 Å². The van der Waals surface area contributed by atoms with Gasteiger partial charge in [0.25, 0.3) is 0 Å². The predicted octanol–water partition coefficient (Wildman–Crippen LogP) is 6.16. The van der Waals surface area contributed by atoms with E-state index in [0.29, 0.717) is 18.8 Å². The highest BCUT2D eigenvalue weighted by Gasteiger charge is 2.23. The molecule has 4 aromatic carbocycles. The Morgan fingerprint density at radius 2 is 1.29 bits per heavy atom. The largest absolute Gasteiger partial charge is 0.508 e. The number of hydrogen-bond acceptors (Lipinski definition) is 4. The molecule has 4 rings (SSSR count). The van der Waals surface area contributed by atoms with Crippen molar-refractivity contribution in [3.05, 3.63) is 125 Å². The van der Waals surface area contributed by atoms with Crippen LogP contribution in [0.15, 0.2) is 97.1 Å². The maximum atomic E-state index is 9.85. The fraction of sp³-hybridized carbons (Fsp3) is 0.167. The Kier molecular flexibility index (Phi) is 7.06. The van der Waals surface area contributed by atoms with Crippen LogP contribution in [0.4, 0.5) is 0 Å². The van der Waals surface area contributed by atoms with Gasteiger partial charge in [0.1, 0.15) is 36.3 Å². The van der Waals surface area contributed by atoms with E-state index in [1.807, 2.05) is 60.7 Å². The molecule has 4 N–H and O–H groups in total. The van der Waals surface area contributed by atoms with Gasteiger partial charge in [0.2, 0.25) is 0 Å². The summed E-state index contributed by atoms with van der Waals surface area (Å²) in [5.74, 6) is 1.84. The van der Waals surface area contributed by atoms with Gasteiger partial charge in [0, 0.05) is 11.0 Å². The molecule has 0 aromatic heterocycles. The van der Waals surface area contributed by atoms with E-state index in [9.17, 15) is 5.11 Å². The van der Waals surface area contributed by atoms with Crippen molar-refractivity contribution in [1.82, 2.24) is 0 Å². The summed E-state index contributed by atoms with van der Waals surface area (Å²) in [6, 6.07) is 30.8. The first-order valence-corrected chi connectivity index (χ1v) is 11.5. The van der Waals surface area contributed by atoms with Crippen molar-refractivity contribution in [2.24, 2.45) is 5.73 Å². The van der Waals surface area contributed by atoms with Crippen LogP contribution >= 0.6 is 0 Å². The van der Waals surface area contributed by atoms with Crippen LogP contribution in [0, 0.1) is 5.41 Å². The molecule has 0 atom stereocenters. The number of amidine groups is 1. The Labute approximate surface area is 206 Å². The summed E-state index contributed by atoms with van der Waals surface area (Å²) in [4.78, 5) is 0. The second-order valence-corrected chi connectivity index (χ2v) is 9.04. The lowest BCUT2D eigenvalue weighted by Crippen LogP contribution is -2.18. The number of rotatable bonds is 9. The van der Waals surface area contributed by atoms with Crippen LogP contribution in [-0.4, -0.2) is 10.9 Å². The van der Waals surface area contributed by atoms with E-state index >= 15 is 0 Å². The molecule has 0 aliphatic heterocycles. The van der Waals surface area contributed by atoms with Gasteiger partial charge in [-0.15, -0.1) is 0 Å². The van der Waals surface area contributed by atoms with Crippen molar-refractivity contribution in [3.8, 4) is 17.2 Å². The summed E-state index contributed by atoms with van der Waals surface area (Å²) in [6.07, 6.45) is 0. The molecule has 0 fully saturated rings. The van der Waals surface area contributed by atoms with Crippen molar-refractivity contribution < 1.29 is 14.6 Å². The standard InChI is InChI=1S/C30H30N2O3/c1-30(2,25-7-4-8-26(33)18-25)24-11-15-28(16-12-24)35-20-22-6-3-5-21(17-22)19-34-27-13-9-23(10-14-27)29(31)32/h3-18,33H,19-20H2,1-2H3,(H3,31,32). The van der Waals surface area contributed by atoms with Gasteiger partial charge in [-0.05, 0) is 76.9 Å². The van der Waals surface area contributed by atoms with Gasteiger partial charge >= 0.3 is 0 Å². The minimum absolute atomic E-state index is 0.0408. The molecule has 0 spiro atoms. The lowest BCUT2D eigenvalue weighted by Gasteiger charge is -2.26. The topological polar surface area (TPSA) is 88.6 Å². The SMILES string of the molecule is CC(C)(c1ccc(OCc2cccc(COc3ccc(C(=N)N)cc3)c2)cc1)c1cccc(O)c1. The molecule has 0 radical (unpaired) electrons. The van der Waals surface area contributed by atoms with E-state index in [2.05, 4.69) is 32.0 Å². The lowest BCUT2D eigenvalue weighted by molar-refractivity contribution is 0.300. The molecular formula is C30H30N2O3. The van der Waals surface area contributed by atoms with E-state index in [-0.39, 0.29) is 17.0 Å². The Balaban J connectivity index is 1.35. The Hall–Kier alpha value is -4.25. The summed E-state index contributed by atoms with van der Waals surface area (Å²) in [7, 11) is 0. The Morgan fingerprint density at radius 1 is 0.743 bits per heavy atom. The van der Waals surface area contributed by atoms with Gasteiger partial charge < -0.3 is 20.3 Å². The number of phenolic OH excluding ortho intramolecular Hbond substituents is 1. The zero-order valence-electron chi connectivity index (χ0n) is 20.0. The van der Waals surface area contributed by atoms with Gasteiger partial charge in [0.15, 0.2) is 0 Å². The zero-order valence-corrected chi connectivity index (χ0v) is 20.0. The van der Waals surface area contributed by atoms with Gasteiger partial charge in [-0.25, -0.2) is 0 Å². The summed E-state index contributed by atoms with van der Waals surface area (Å²) in [5, 5.41) is 17.3. The smallest absolute Gasteiger partial charge is 0.122 e. The predicted molar refractivity (Wildman–Crippen MR) is 139 cm³/mol. The summed E-state index contributed by atoms with van der Waals surface area (Å²) in [6.45, 7) is 5.17. The van der Waals surface area contributed by atoms with Crippen LogP contribution in [0.25, 0.3) is 0 Å². The van der Waals surface area contributed by atoms with Crippen LogP contribution in [-0.2, 0) is 18.6 Å². The highest BCUT2D eigenvalue weighted by Crippen LogP contribution is 2.34. The summed E-state index contributed by atoms with van der Waals surface area (Å²) < 4.78 is 11.9. The van der Waals surface area contributed by atoms with Crippen LogP contribution in [0.1, 0.15) is 41.7 Å². The molecular weight excluding hydrogens is 436 g/mol. The number of nitrogens with two attached hydrogens (primary N) is 1. The minimum Gasteiger partial charge on any atom is -0.508 e. The van der Waals surface area contributed by atoms with E-state index in [1.54, 1.807) is 18.2 Å². The van der Waals surface area contributed by atoms with Crippen molar-refractivity contribution in [2.75, 3.05) is 0 Å². The van der Waals surface area contributed by atoms with Gasteiger partial charge in [-0.3, -0.25) is 5.41 Å². The number of hydrogen-bond donors (Lipinski definition) is 3. The maximum Gasteiger partial charge on any atom is 0.122 e. The molecule has 0 saturated carbocycles. The van der Waals surface area contributed by atoms with Crippen LogP contribution in [0.2, 0.25) is 0 Å². The first kappa shape index (κ1) is 23.9. The summed E-state index contributed by atoms with van der Waals surface area (Å²) >= 11 is 0. The molecule has 0 heterocycles. The molecule has 0 saturated heterocycles. The van der Waals surface area contributed by atoms with Crippen molar-refractivity contribution in [2.45, 2.75) is 32.5 Å². The van der Waals surface area contributed by atoms with Gasteiger partial charge in [-0.1, -0.05) is 56.3 Å². The van der Waals surface area contributed by atoms with E-state index < -0.39 is 0 Å². The fourth-order valence-electron chi connectivity index (χ4n) is 3.90. The molecule has 0 amide bonds. The summed E-state index contributed by atoms with van der Waals surface area (Å²) in [5.41, 5.74) is 10.2. The average molecular weight is 467 g/mol. The fourth-order valence-corrected chi connectivity index (χ4v) is 3.90. The third-order valence-corrected chi connectivity index (χ3v) is 6.11. The number of benzene rings is 4. The van der Waals surface area contributed by atoms with Crippen LogP contribution < -0.4 is 15.2 Å². The highest BCUT2D eigenvalue weighted by atomic mass is 16.5. The number of ether oxygens (including phenoxy) is 2. The molecule has 4 aromatic rings. The molecule has 35 heavy (non-hydrogen) atoms. The Bertz CT molecular complexity index is 1300. The second kappa shape index (κ2) is 10.3. The molecule has 5 heteroatoms. The van der Waals surface area contributed by atoms with E-state index in [1.165, 1.54) is 0 Å². The quantitative estimate of drug-likeness (QED) is 0.204. The van der Waals surface area contributed by atoms with Crippen LogP contribution in [0.3, 0.4) is 0 Å². The molecule has 0 aliphatic carbocycles. The number of nitrogen functional groups attached to an aromatic ring is 1. The average Bonchev–Trinajstić information content (AvgIpc) is 2.87. The van der Waals surface area contributed by atoms with Gasteiger partial charge in [-0.2, -0.15) is 0 Å². The molecule has 0 unspecified atom stereocenters. The minimum atomic E-state index is -0.238.